The molecule has 3 amide bonds. The Morgan fingerprint density at radius 1 is 1.22 bits per heavy atom. The molecule has 5 nitrogen and oxygen atoms in total. The summed E-state index contributed by atoms with van der Waals surface area (Å²) in [7, 11) is 0. The number of urea groups is 1. The number of hydrogen-bond donors (Lipinski definition) is 0. The van der Waals surface area contributed by atoms with Gasteiger partial charge in [-0.25, -0.2) is 9.69 Å². The molecule has 1 aliphatic rings. The van der Waals surface area contributed by atoms with Crippen LogP contribution in [0, 0.1) is 23.7 Å². The van der Waals surface area contributed by atoms with Gasteiger partial charge in [0.15, 0.2) is 0 Å². The molecule has 142 valence electrons. The van der Waals surface area contributed by atoms with Crippen molar-refractivity contribution in [3.8, 4) is 18.4 Å². The van der Waals surface area contributed by atoms with E-state index in [0.717, 1.165) is 11.0 Å². The lowest BCUT2D eigenvalue weighted by atomic mass is 10.0. The molecule has 0 radical (unpaired) electrons. The van der Waals surface area contributed by atoms with E-state index in [0.29, 0.717) is 25.3 Å². The number of benzene rings is 1. The lowest BCUT2D eigenvalue weighted by Crippen LogP contribution is -2.44. The fraction of sp³-hybridized carbons (Fsp3) is 0.421. The highest BCUT2D eigenvalue weighted by Crippen LogP contribution is 2.37. The Morgan fingerprint density at radius 3 is 2.44 bits per heavy atom. The molecule has 1 aromatic rings. The Bertz CT molecular complexity index is 847. The maximum absolute atomic E-state index is 13.2. The summed E-state index contributed by atoms with van der Waals surface area (Å²) in [6.45, 7) is 3.35. The number of imide groups is 1. The number of nitriles is 1. The SMILES string of the molecule is C#CCCCCN1C(=O)N(c2ccc(C#N)c(C(F)(F)F)c2)C(=O)C1(C)C. The Hall–Kier alpha value is -3.00. The lowest BCUT2D eigenvalue weighted by molar-refractivity contribution is -0.137. The van der Waals surface area contributed by atoms with Crippen molar-refractivity contribution in [2.75, 3.05) is 11.4 Å². The van der Waals surface area contributed by atoms with Crippen LogP contribution in [0.3, 0.4) is 0 Å². The van der Waals surface area contributed by atoms with Crippen molar-refractivity contribution in [3.05, 3.63) is 29.3 Å². The van der Waals surface area contributed by atoms with E-state index in [2.05, 4.69) is 5.92 Å². The number of hydrogen-bond acceptors (Lipinski definition) is 3. The van der Waals surface area contributed by atoms with E-state index in [1.807, 2.05) is 0 Å². The molecule has 1 saturated heterocycles. The molecule has 27 heavy (non-hydrogen) atoms. The predicted molar refractivity (Wildman–Crippen MR) is 92.5 cm³/mol. The molecule has 0 aromatic heterocycles. The average Bonchev–Trinajstić information content (AvgIpc) is 2.76. The molecule has 1 aromatic carbocycles. The first-order valence-electron chi connectivity index (χ1n) is 8.26. The van der Waals surface area contributed by atoms with Crippen LogP contribution in [0.1, 0.15) is 44.2 Å². The molecular formula is C19H18F3N3O2. The van der Waals surface area contributed by atoms with Crippen LogP contribution in [0.2, 0.25) is 0 Å². The van der Waals surface area contributed by atoms with E-state index in [1.54, 1.807) is 13.8 Å². The van der Waals surface area contributed by atoms with Crippen LogP contribution in [0.5, 0.6) is 0 Å². The number of unbranched alkanes of at least 4 members (excludes halogenated alkanes) is 2. The number of halogens is 3. The standard InChI is InChI=1S/C19H18F3N3O2/c1-4-5-6-7-10-24-17(27)25(16(26)18(24,2)3)14-9-8-13(12-23)15(11-14)19(20,21)22/h1,8-9,11H,5-7,10H2,2-3H3. The van der Waals surface area contributed by atoms with Crippen LogP contribution < -0.4 is 4.90 Å². The van der Waals surface area contributed by atoms with Gasteiger partial charge < -0.3 is 4.90 Å². The molecule has 8 heteroatoms. The lowest BCUT2D eigenvalue weighted by Gasteiger charge is -2.27. The van der Waals surface area contributed by atoms with Crippen LogP contribution in [0.4, 0.5) is 23.7 Å². The molecule has 0 saturated carbocycles. The highest BCUT2D eigenvalue weighted by atomic mass is 19.4. The highest BCUT2D eigenvalue weighted by molar-refractivity contribution is 6.23. The molecule has 0 bridgehead atoms. The van der Waals surface area contributed by atoms with Gasteiger partial charge in [0, 0.05) is 13.0 Å². The number of anilines is 1. The normalized spacial score (nSPS) is 16.4. The second-order valence-corrected chi connectivity index (χ2v) is 6.63. The average molecular weight is 377 g/mol. The summed E-state index contributed by atoms with van der Waals surface area (Å²) in [6.07, 6.45) is 2.18. The number of alkyl halides is 3. The largest absolute Gasteiger partial charge is 0.417 e. The maximum atomic E-state index is 13.2. The quantitative estimate of drug-likeness (QED) is 0.444. The smallest absolute Gasteiger partial charge is 0.310 e. The highest BCUT2D eigenvalue weighted by Gasteiger charge is 2.51. The molecule has 2 rings (SSSR count). The zero-order chi connectivity index (χ0) is 20.4. The van der Waals surface area contributed by atoms with E-state index in [1.165, 1.54) is 17.0 Å². The summed E-state index contributed by atoms with van der Waals surface area (Å²) < 4.78 is 39.6. The third-order valence-electron chi connectivity index (χ3n) is 4.46. The van der Waals surface area contributed by atoms with Crippen LogP contribution >= 0.6 is 0 Å². The zero-order valence-corrected chi connectivity index (χ0v) is 14.9. The summed E-state index contributed by atoms with van der Waals surface area (Å²) in [5.74, 6) is 1.86. The molecule has 0 atom stereocenters. The minimum Gasteiger partial charge on any atom is -0.310 e. The van der Waals surface area contributed by atoms with Gasteiger partial charge in [-0.3, -0.25) is 4.79 Å². The number of terminal acetylenes is 1. The fourth-order valence-electron chi connectivity index (χ4n) is 2.94. The van der Waals surface area contributed by atoms with Crippen molar-refractivity contribution in [2.24, 2.45) is 0 Å². The molecule has 1 aliphatic heterocycles. The van der Waals surface area contributed by atoms with Crippen molar-refractivity contribution in [3.63, 3.8) is 0 Å². The van der Waals surface area contributed by atoms with Gasteiger partial charge >= 0.3 is 12.2 Å². The first kappa shape index (κ1) is 20.3. The number of carbonyl (C=O) groups excluding carboxylic acids is 2. The Morgan fingerprint density at radius 2 is 1.89 bits per heavy atom. The Balaban J connectivity index is 2.39. The number of carbonyl (C=O) groups is 2. The van der Waals surface area contributed by atoms with Gasteiger partial charge in [0.25, 0.3) is 5.91 Å². The topological polar surface area (TPSA) is 64.4 Å². The predicted octanol–water partition coefficient (Wildman–Crippen LogP) is 3.93. The van der Waals surface area contributed by atoms with Crippen molar-refractivity contribution in [2.45, 2.75) is 44.8 Å². The molecular weight excluding hydrogens is 359 g/mol. The molecule has 0 unspecified atom stereocenters. The number of nitrogens with zero attached hydrogens (tertiary/aromatic N) is 3. The summed E-state index contributed by atoms with van der Waals surface area (Å²) in [6, 6.07) is 3.57. The van der Waals surface area contributed by atoms with Gasteiger partial charge in [-0.15, -0.1) is 12.3 Å². The van der Waals surface area contributed by atoms with Gasteiger partial charge in [0.1, 0.15) is 5.54 Å². The van der Waals surface area contributed by atoms with E-state index in [4.69, 9.17) is 11.7 Å². The summed E-state index contributed by atoms with van der Waals surface area (Å²) in [4.78, 5) is 27.6. The van der Waals surface area contributed by atoms with Crippen LogP contribution in [-0.2, 0) is 11.0 Å². The second-order valence-electron chi connectivity index (χ2n) is 6.63. The molecule has 1 heterocycles. The molecule has 1 fully saturated rings. The van der Waals surface area contributed by atoms with Gasteiger partial charge in [-0.1, -0.05) is 0 Å². The van der Waals surface area contributed by atoms with Crippen LogP contribution in [-0.4, -0.2) is 28.9 Å². The molecule has 0 N–H and O–H groups in total. The minimum absolute atomic E-state index is 0.212. The number of rotatable bonds is 5. The first-order chi connectivity index (χ1) is 12.6. The summed E-state index contributed by atoms with van der Waals surface area (Å²) in [5, 5.41) is 8.89. The van der Waals surface area contributed by atoms with Gasteiger partial charge in [0.05, 0.1) is 22.9 Å². The van der Waals surface area contributed by atoms with Crippen molar-refractivity contribution < 1.29 is 22.8 Å². The van der Waals surface area contributed by atoms with Gasteiger partial charge in [-0.05, 0) is 44.9 Å². The maximum Gasteiger partial charge on any atom is 0.417 e. The zero-order valence-electron chi connectivity index (χ0n) is 14.9. The van der Waals surface area contributed by atoms with Gasteiger partial charge in [0.2, 0.25) is 0 Å². The minimum atomic E-state index is -4.78. The third kappa shape index (κ3) is 3.75. The number of amides is 3. The van der Waals surface area contributed by atoms with Crippen LogP contribution in [0.15, 0.2) is 18.2 Å². The second kappa shape index (κ2) is 7.32. The van der Waals surface area contributed by atoms with Crippen molar-refractivity contribution in [1.29, 1.82) is 5.26 Å². The summed E-state index contributed by atoms with van der Waals surface area (Å²) in [5.41, 5.74) is -3.17. The summed E-state index contributed by atoms with van der Waals surface area (Å²) >= 11 is 0. The third-order valence-corrected chi connectivity index (χ3v) is 4.46. The fourth-order valence-corrected chi connectivity index (χ4v) is 2.94. The molecule has 0 spiro atoms. The van der Waals surface area contributed by atoms with E-state index >= 15 is 0 Å². The van der Waals surface area contributed by atoms with Crippen molar-refractivity contribution in [1.82, 2.24) is 4.90 Å². The van der Waals surface area contributed by atoms with E-state index in [-0.39, 0.29) is 12.2 Å². The van der Waals surface area contributed by atoms with Crippen molar-refractivity contribution >= 4 is 17.6 Å². The van der Waals surface area contributed by atoms with Crippen LogP contribution in [0.25, 0.3) is 0 Å². The Kier molecular flexibility index (Phi) is 5.51. The molecule has 0 aliphatic carbocycles. The van der Waals surface area contributed by atoms with E-state index < -0.39 is 34.8 Å². The van der Waals surface area contributed by atoms with E-state index in [9.17, 15) is 22.8 Å². The first-order valence-corrected chi connectivity index (χ1v) is 8.26. The Labute approximate surface area is 155 Å². The van der Waals surface area contributed by atoms with Gasteiger partial charge in [-0.2, -0.15) is 18.4 Å². The monoisotopic (exact) mass is 377 g/mol.